The lowest BCUT2D eigenvalue weighted by Crippen LogP contribution is -2.50. The number of carbonyl (C=O) groups is 8. The molecule has 9 fully saturated rings. The zero-order valence-electron chi connectivity index (χ0n) is 81.5. The molecule has 8 aliphatic heterocycles. The van der Waals surface area contributed by atoms with Crippen LogP contribution in [-0.2, 0) is 14.2 Å². The number of aliphatic hydroxyl groups excluding tert-OH is 1. The number of morpholine rings is 1. The monoisotopic (exact) mass is 1920 g/mol. The highest BCUT2D eigenvalue weighted by Crippen LogP contribution is 2.42. The van der Waals surface area contributed by atoms with E-state index < -0.39 is 6.10 Å². The fraction of sp³-hybridized carbons (Fsp3) is 0.596. The van der Waals surface area contributed by atoms with Gasteiger partial charge < -0.3 is 81.0 Å². The number of fused-ring (bicyclic) bond motifs is 2. The number of ether oxygens (including phenoxy) is 3. The number of carbonyl (C=O) groups excluding carboxylic acids is 8. The van der Waals surface area contributed by atoms with Crippen molar-refractivity contribution in [2.75, 3.05) is 87.0 Å². The number of pyridine rings is 4. The molecule has 1 aliphatic carbocycles. The Balaban J connectivity index is 0.000000144. The Kier molecular flexibility index (Phi) is 33.0. The number of nitrogens with one attached hydrogen (secondary N) is 7. The largest absolute Gasteiger partial charge is 0.391 e. The van der Waals surface area contributed by atoms with Gasteiger partial charge in [0.2, 0.25) is 0 Å². The van der Waals surface area contributed by atoms with Crippen molar-refractivity contribution < 1.29 is 57.7 Å². The minimum absolute atomic E-state index is 0.0197. The third kappa shape index (κ3) is 24.7. The fourth-order valence-corrected chi connectivity index (χ4v) is 22.4. The van der Waals surface area contributed by atoms with E-state index in [9.17, 15) is 43.5 Å². The van der Waals surface area contributed by atoms with Gasteiger partial charge >= 0.3 is 0 Å². The van der Waals surface area contributed by atoms with Gasteiger partial charge in [0.1, 0.15) is 46.0 Å². The number of aryl methyl sites for hydroxylation is 4. The van der Waals surface area contributed by atoms with Crippen molar-refractivity contribution in [3.05, 3.63) is 114 Å². The van der Waals surface area contributed by atoms with Crippen LogP contribution < -0.4 is 37.2 Å². The number of thiazole rings is 4. The summed E-state index contributed by atoms with van der Waals surface area (Å²) in [7, 11) is 0. The van der Waals surface area contributed by atoms with E-state index in [-0.39, 0.29) is 118 Å². The number of likely N-dealkylation sites (tertiary alicyclic amines) is 5. The van der Waals surface area contributed by atoms with Gasteiger partial charge in [-0.3, -0.25) is 38.4 Å². The quantitative estimate of drug-likeness (QED) is 0.0295. The van der Waals surface area contributed by atoms with Crippen LogP contribution >= 0.6 is 45.3 Å². The molecule has 8 N–H and O–H groups in total. The second kappa shape index (κ2) is 44.2. The maximum Gasteiger partial charge on any atom is 0.283 e. The van der Waals surface area contributed by atoms with Crippen LogP contribution in [0.15, 0.2) is 49.1 Å². The van der Waals surface area contributed by atoms with E-state index in [1.54, 1.807) is 24.8 Å². The van der Waals surface area contributed by atoms with Gasteiger partial charge in [0.05, 0.1) is 56.5 Å². The van der Waals surface area contributed by atoms with Gasteiger partial charge in [0.15, 0.2) is 20.0 Å². The van der Waals surface area contributed by atoms with Gasteiger partial charge in [-0.25, -0.2) is 39.9 Å². The van der Waals surface area contributed by atoms with Crippen molar-refractivity contribution in [1.82, 2.24) is 80.3 Å². The molecule has 8 aromatic heterocycles. The average molecular weight is 1930 g/mol. The van der Waals surface area contributed by atoms with E-state index in [0.29, 0.717) is 130 Å². The Labute approximate surface area is 809 Å². The summed E-state index contributed by atoms with van der Waals surface area (Å²) < 4.78 is 16.7. The summed E-state index contributed by atoms with van der Waals surface area (Å²) in [6.45, 7) is 43.7. The molecule has 0 spiro atoms. The van der Waals surface area contributed by atoms with Crippen molar-refractivity contribution >= 4 is 116 Å². The van der Waals surface area contributed by atoms with Crippen LogP contribution in [0, 0.1) is 27.7 Å². The van der Waals surface area contributed by atoms with Crippen molar-refractivity contribution in [2.24, 2.45) is 0 Å². The Bertz CT molecular complexity index is 5580. The minimum atomic E-state index is -0.517. The molecule has 16 heterocycles. The summed E-state index contributed by atoms with van der Waals surface area (Å²) in [6.07, 6.45) is 22.4. The van der Waals surface area contributed by atoms with E-state index in [1.165, 1.54) is 45.3 Å². The second-order valence-corrected chi connectivity index (χ2v) is 43.7. The van der Waals surface area contributed by atoms with Gasteiger partial charge in [-0.2, -0.15) is 0 Å². The second-order valence-electron chi connectivity index (χ2n) is 39.7. The van der Waals surface area contributed by atoms with Crippen LogP contribution in [0.4, 0.5) is 23.3 Å². The summed E-state index contributed by atoms with van der Waals surface area (Å²) in [5.74, 6) is 1.72. The molecule has 2 bridgehead atoms. The predicted octanol–water partition coefficient (Wildman–Crippen LogP) is 16.1. The topological polar surface area (TPSA) is 388 Å². The zero-order chi connectivity index (χ0) is 96.6. The first-order chi connectivity index (χ1) is 64.4. The molecule has 9 aliphatic rings. The Morgan fingerprint density at radius 3 is 1.06 bits per heavy atom. The highest BCUT2D eigenvalue weighted by atomic mass is 32.1. The molecule has 36 heteroatoms. The zero-order valence-corrected chi connectivity index (χ0v) is 84.8. The maximum atomic E-state index is 13.6. The number of nitrogens with zero attached hydrogens (tertiary/aromatic N) is 13. The lowest BCUT2D eigenvalue weighted by molar-refractivity contribution is -0.0303. The highest BCUT2D eigenvalue weighted by Gasteiger charge is 2.42. The van der Waals surface area contributed by atoms with Crippen LogP contribution in [0.25, 0.3) is 41.8 Å². The Hall–Kier alpha value is -10.1. The third-order valence-corrected chi connectivity index (χ3v) is 30.8. The van der Waals surface area contributed by atoms with Gasteiger partial charge in [-0.05, 0) is 266 Å². The number of aliphatic hydroxyl groups is 1. The molecule has 2 unspecified atom stereocenters. The average Bonchev–Trinajstić information content (AvgIpc) is 1.64. The molecular formula is C99H136N20O12S4. The first-order valence-electron chi connectivity index (χ1n) is 48.3. The lowest BCUT2D eigenvalue weighted by atomic mass is 9.89. The highest BCUT2D eigenvalue weighted by molar-refractivity contribution is 7.18. The Morgan fingerprint density at radius 1 is 0.422 bits per heavy atom. The first kappa shape index (κ1) is 101. The van der Waals surface area contributed by atoms with E-state index in [1.807, 2.05) is 83.4 Å². The van der Waals surface area contributed by atoms with Crippen LogP contribution in [0.3, 0.4) is 0 Å². The molecule has 8 saturated heterocycles. The molecule has 1 saturated carbocycles. The molecule has 0 aromatic carbocycles. The van der Waals surface area contributed by atoms with E-state index in [4.69, 9.17) is 14.2 Å². The van der Waals surface area contributed by atoms with Crippen LogP contribution in [-0.4, -0.2) is 266 Å². The first-order valence-corrected chi connectivity index (χ1v) is 51.6. The third-order valence-electron chi connectivity index (χ3n) is 26.5. The number of hydrogen-bond acceptors (Lipinski definition) is 28. The fourth-order valence-electron chi connectivity index (χ4n) is 18.2. The van der Waals surface area contributed by atoms with Crippen LogP contribution in [0.1, 0.15) is 310 Å². The van der Waals surface area contributed by atoms with E-state index >= 15 is 0 Å². The molecule has 8 amide bonds. The van der Waals surface area contributed by atoms with Gasteiger partial charge in [-0.1, -0.05) is 13.8 Å². The standard InChI is InChI=1S/C26H35N5O3S.C25H35N5O3S.2C24H33N5O3S/c1-5-16(3)28-21-11-15(2)20(12-27-21)23-22(25(32)31-10-6-7-17(31)4)29-24(35-23)26(33)30-13-18-8-9-19(14-30)34-18;1-15-13-19(29-25(3,4)5)26-14-18(15)21-20(24(32)30-10-6-7-16(30)2)28-23(34-21)22(31)27-17-8-11-33-12-9-17;1-14-11-18(28-24(3,4)5)25-12-17(14)20-19(23(31)29-9-6-7-15(29)2)27-22(33-20)21(30)26-16-8-10-32-13-16;1-5-14(3)26-19-11-13(2)16(12-25-19)21-20(24(32)29-10-6-7-15(29)4)28-23(33-21)22(31)27-17-8-9-18(17)30/h11-12,16-19H,5-10,13-14H2,1-4H3,(H,27,28);13-14,16-17H,6-12H2,1-5H3,(H,26,29)(H,27,31);11-12,15-16H,6-10,13H2,1-5H3,(H,25,28)(H,26,30);11-12,14-15,17-18,30H,5-10H2,1-4H3,(H,25,26)(H,27,31)/t16-,17+,18?,19?;16-;15-,16+;14-,15+,17+,18+/m1001/s1. The molecular weight excluding hydrogens is 1790 g/mol. The molecule has 135 heavy (non-hydrogen) atoms. The van der Waals surface area contributed by atoms with Crippen molar-refractivity contribution in [3.8, 4) is 41.8 Å². The van der Waals surface area contributed by atoms with E-state index in [2.05, 4.69) is 167 Å². The van der Waals surface area contributed by atoms with Crippen molar-refractivity contribution in [1.29, 1.82) is 0 Å². The number of anilines is 4. The van der Waals surface area contributed by atoms with Gasteiger partial charge in [0, 0.05) is 160 Å². The SMILES string of the molecule is CC[C@@H](C)Nc1cc(C)c(-c2sc(C(=O)N3CC4CCC(C3)O4)nc2C(=O)N2CCC[C@@H]2C)cn1.CC[C@@H](C)Nc1cc(C)c(-c2sc(C(=O)N[C@H]3CC[C@@H]3O)nc2C(=O)N2CCC[C@@H]2C)cn1.Cc1cc(NC(C)(C)C)ncc1-c1sc(C(=O)NC2CCOCC2)nc1C(=O)N1CCC[C@@H]1C.Cc1cc(NC(C)(C)C)ncc1-c1sc(C(=O)N[C@@H]2CCOC2)nc1C(=O)N1CCC[C@@H]1C. The molecule has 32 nitrogen and oxygen atoms in total. The van der Waals surface area contributed by atoms with Crippen molar-refractivity contribution in [3.63, 3.8) is 0 Å². The number of amides is 8. The summed E-state index contributed by atoms with van der Waals surface area (Å²) >= 11 is 5.05. The minimum Gasteiger partial charge on any atom is -0.391 e. The summed E-state index contributed by atoms with van der Waals surface area (Å²) in [5, 5.41) is 33.5. The smallest absolute Gasteiger partial charge is 0.283 e. The van der Waals surface area contributed by atoms with Crippen LogP contribution in [0.5, 0.6) is 0 Å². The summed E-state index contributed by atoms with van der Waals surface area (Å²) in [5.41, 5.74) is 8.35. The normalized spacial score (nSPS) is 22.0. The molecule has 11 atom stereocenters. The predicted molar refractivity (Wildman–Crippen MR) is 531 cm³/mol. The molecule has 8 aromatic rings. The molecule has 17 rings (SSSR count). The lowest BCUT2D eigenvalue weighted by Gasteiger charge is -2.32. The van der Waals surface area contributed by atoms with Gasteiger partial charge in [0.25, 0.3) is 47.3 Å². The number of aromatic nitrogens is 8. The molecule has 0 radical (unpaired) electrons. The maximum absolute atomic E-state index is 13.6. The van der Waals surface area contributed by atoms with Crippen molar-refractivity contribution in [2.45, 2.75) is 318 Å². The number of rotatable bonds is 23. The molecule has 728 valence electrons. The Morgan fingerprint density at radius 2 is 0.748 bits per heavy atom. The van der Waals surface area contributed by atoms with Gasteiger partial charge in [-0.15, -0.1) is 45.3 Å². The summed E-state index contributed by atoms with van der Waals surface area (Å²) in [4.78, 5) is 155. The van der Waals surface area contributed by atoms with Crippen LogP contribution in [0.2, 0.25) is 0 Å². The van der Waals surface area contributed by atoms with E-state index in [0.717, 1.165) is 182 Å². The summed E-state index contributed by atoms with van der Waals surface area (Å²) in [6, 6.07) is 9.00. The number of hydrogen-bond donors (Lipinski definition) is 8.